The average molecular weight is 298 g/mol. The lowest BCUT2D eigenvalue weighted by Gasteiger charge is -2.10. The van der Waals surface area contributed by atoms with Crippen molar-refractivity contribution in [3.05, 3.63) is 53.6 Å². The quantitative estimate of drug-likeness (QED) is 0.943. The molecule has 0 saturated heterocycles. The zero-order valence-corrected chi connectivity index (χ0v) is 11.7. The fraction of sp³-hybridized carbons (Fsp3) is 0.0769. The first-order chi connectivity index (χ1) is 9.03. The first kappa shape index (κ1) is 13.7. The van der Waals surface area contributed by atoms with Crippen molar-refractivity contribution in [3.8, 4) is 5.75 Å². The molecule has 0 fully saturated rings. The molecular weight excluding hydrogens is 286 g/mol. The van der Waals surface area contributed by atoms with Crippen LogP contribution in [-0.4, -0.2) is 15.5 Å². The van der Waals surface area contributed by atoms with Crippen LogP contribution in [0.25, 0.3) is 0 Å². The van der Waals surface area contributed by atoms with Crippen molar-refractivity contribution in [2.75, 3.05) is 11.8 Å². The number of para-hydroxylation sites is 1. The molecule has 0 bridgehead atoms. The van der Waals surface area contributed by atoms with Crippen LogP contribution >= 0.6 is 11.6 Å². The molecule has 100 valence electrons. The van der Waals surface area contributed by atoms with E-state index in [2.05, 4.69) is 4.72 Å². The molecular formula is C13H12ClNO3S. The minimum absolute atomic E-state index is 0.117. The van der Waals surface area contributed by atoms with Gasteiger partial charge in [0.1, 0.15) is 5.75 Å². The highest BCUT2D eigenvalue weighted by atomic mass is 35.5. The Morgan fingerprint density at radius 3 is 2.53 bits per heavy atom. The predicted molar refractivity (Wildman–Crippen MR) is 75.3 cm³/mol. The second-order valence-corrected chi connectivity index (χ2v) is 5.85. The van der Waals surface area contributed by atoms with E-state index < -0.39 is 10.0 Å². The van der Waals surface area contributed by atoms with Gasteiger partial charge >= 0.3 is 0 Å². The van der Waals surface area contributed by atoms with Crippen molar-refractivity contribution >= 4 is 27.3 Å². The SMILES string of the molecule is COc1cccc(S(=O)(=O)Nc2ccccc2Cl)c1. The van der Waals surface area contributed by atoms with E-state index in [0.717, 1.165) is 0 Å². The number of halogens is 1. The number of anilines is 1. The number of sulfonamides is 1. The minimum Gasteiger partial charge on any atom is -0.497 e. The van der Waals surface area contributed by atoms with E-state index in [4.69, 9.17) is 16.3 Å². The number of methoxy groups -OCH3 is 1. The standard InChI is InChI=1S/C13H12ClNO3S/c1-18-10-5-4-6-11(9-10)19(16,17)15-13-8-3-2-7-12(13)14/h2-9,15H,1H3. The van der Waals surface area contributed by atoms with Gasteiger partial charge in [0.2, 0.25) is 0 Å². The fourth-order valence-corrected chi connectivity index (χ4v) is 2.87. The Morgan fingerprint density at radius 1 is 1.11 bits per heavy atom. The molecule has 4 nitrogen and oxygen atoms in total. The van der Waals surface area contributed by atoms with E-state index in [1.807, 2.05) is 0 Å². The topological polar surface area (TPSA) is 55.4 Å². The van der Waals surface area contributed by atoms with Crippen LogP contribution in [0.2, 0.25) is 5.02 Å². The number of hydrogen-bond donors (Lipinski definition) is 1. The maximum absolute atomic E-state index is 12.2. The molecule has 6 heteroatoms. The summed E-state index contributed by atoms with van der Waals surface area (Å²) in [5, 5.41) is 0.342. The van der Waals surface area contributed by atoms with E-state index in [1.165, 1.54) is 19.2 Å². The highest BCUT2D eigenvalue weighted by molar-refractivity contribution is 7.92. The molecule has 0 aliphatic carbocycles. The Hall–Kier alpha value is -1.72. The molecule has 0 amide bonds. The van der Waals surface area contributed by atoms with Gasteiger partial charge < -0.3 is 4.74 Å². The van der Waals surface area contributed by atoms with E-state index in [9.17, 15) is 8.42 Å². The van der Waals surface area contributed by atoms with Crippen molar-refractivity contribution in [2.24, 2.45) is 0 Å². The van der Waals surface area contributed by atoms with Crippen molar-refractivity contribution < 1.29 is 13.2 Å². The maximum atomic E-state index is 12.2. The van der Waals surface area contributed by atoms with Crippen molar-refractivity contribution in [1.29, 1.82) is 0 Å². The highest BCUT2D eigenvalue weighted by Gasteiger charge is 2.16. The lowest BCUT2D eigenvalue weighted by Crippen LogP contribution is -2.13. The summed E-state index contributed by atoms with van der Waals surface area (Å²) in [5.41, 5.74) is 0.340. The molecule has 2 aromatic rings. The van der Waals surface area contributed by atoms with Gasteiger partial charge in [0.15, 0.2) is 0 Å². The zero-order valence-electron chi connectivity index (χ0n) is 10.1. The summed E-state index contributed by atoms with van der Waals surface area (Å²) >= 11 is 5.92. The van der Waals surface area contributed by atoms with E-state index in [1.54, 1.807) is 36.4 Å². The Labute approximate surface area is 117 Å². The first-order valence-corrected chi connectivity index (χ1v) is 7.30. The van der Waals surface area contributed by atoms with Crippen LogP contribution in [-0.2, 0) is 10.0 Å². The number of benzene rings is 2. The Bertz CT molecular complexity index is 686. The molecule has 1 N–H and O–H groups in total. The molecule has 0 radical (unpaired) electrons. The monoisotopic (exact) mass is 297 g/mol. The summed E-state index contributed by atoms with van der Waals surface area (Å²) < 4.78 is 31.8. The molecule has 19 heavy (non-hydrogen) atoms. The second kappa shape index (κ2) is 5.50. The second-order valence-electron chi connectivity index (χ2n) is 3.76. The van der Waals surface area contributed by atoms with Gasteiger partial charge in [0, 0.05) is 6.07 Å². The lowest BCUT2D eigenvalue weighted by atomic mass is 10.3. The molecule has 2 rings (SSSR count). The molecule has 2 aromatic carbocycles. The van der Waals surface area contributed by atoms with Crippen molar-refractivity contribution in [1.82, 2.24) is 0 Å². The van der Waals surface area contributed by atoms with Crippen LogP contribution in [0.3, 0.4) is 0 Å². The Balaban J connectivity index is 2.35. The normalized spacial score (nSPS) is 11.1. The molecule has 0 saturated carbocycles. The molecule has 0 heterocycles. The van der Waals surface area contributed by atoms with Gasteiger partial charge in [-0.1, -0.05) is 29.8 Å². The number of rotatable bonds is 4. The zero-order chi connectivity index (χ0) is 13.9. The minimum atomic E-state index is -3.68. The van der Waals surface area contributed by atoms with Gasteiger partial charge in [-0.05, 0) is 24.3 Å². The number of ether oxygens (including phenoxy) is 1. The van der Waals surface area contributed by atoms with Crippen LogP contribution in [0.15, 0.2) is 53.4 Å². The molecule has 0 aliphatic heterocycles. The molecule has 0 aliphatic rings. The number of nitrogens with one attached hydrogen (secondary N) is 1. The smallest absolute Gasteiger partial charge is 0.262 e. The van der Waals surface area contributed by atoms with Gasteiger partial charge in [-0.2, -0.15) is 0 Å². The molecule has 0 atom stereocenters. The highest BCUT2D eigenvalue weighted by Crippen LogP contribution is 2.25. The third-order valence-corrected chi connectivity index (χ3v) is 4.16. The summed E-state index contributed by atoms with van der Waals surface area (Å²) in [6, 6.07) is 12.9. The van der Waals surface area contributed by atoms with Crippen LogP contribution in [0.5, 0.6) is 5.75 Å². The maximum Gasteiger partial charge on any atom is 0.262 e. The predicted octanol–water partition coefficient (Wildman–Crippen LogP) is 3.15. The fourth-order valence-electron chi connectivity index (χ4n) is 1.52. The van der Waals surface area contributed by atoms with Crippen molar-refractivity contribution in [2.45, 2.75) is 4.90 Å². The summed E-state index contributed by atoms with van der Waals surface area (Å²) in [7, 11) is -2.20. The summed E-state index contributed by atoms with van der Waals surface area (Å²) in [6.07, 6.45) is 0. The van der Waals surface area contributed by atoms with Crippen LogP contribution in [0, 0.1) is 0 Å². The van der Waals surface area contributed by atoms with Crippen LogP contribution in [0.4, 0.5) is 5.69 Å². The molecule has 0 aromatic heterocycles. The Kier molecular flexibility index (Phi) is 3.97. The van der Waals surface area contributed by atoms with E-state index in [-0.39, 0.29) is 4.90 Å². The van der Waals surface area contributed by atoms with E-state index in [0.29, 0.717) is 16.5 Å². The van der Waals surface area contributed by atoms with Crippen LogP contribution in [0.1, 0.15) is 0 Å². The number of hydrogen-bond acceptors (Lipinski definition) is 3. The largest absolute Gasteiger partial charge is 0.497 e. The average Bonchev–Trinajstić information content (AvgIpc) is 2.41. The van der Waals surface area contributed by atoms with E-state index >= 15 is 0 Å². The molecule has 0 spiro atoms. The third kappa shape index (κ3) is 3.19. The van der Waals surface area contributed by atoms with Gasteiger partial charge in [0.05, 0.1) is 22.7 Å². The van der Waals surface area contributed by atoms with Gasteiger partial charge in [-0.25, -0.2) is 8.42 Å². The lowest BCUT2D eigenvalue weighted by molar-refractivity contribution is 0.413. The Morgan fingerprint density at radius 2 is 1.84 bits per heavy atom. The first-order valence-electron chi connectivity index (χ1n) is 5.44. The van der Waals surface area contributed by atoms with Gasteiger partial charge in [0.25, 0.3) is 10.0 Å². The molecule has 0 unspecified atom stereocenters. The summed E-state index contributed by atoms with van der Waals surface area (Å²) in [6.45, 7) is 0. The van der Waals surface area contributed by atoms with Gasteiger partial charge in [-0.15, -0.1) is 0 Å². The summed E-state index contributed by atoms with van der Waals surface area (Å²) in [4.78, 5) is 0.117. The summed E-state index contributed by atoms with van der Waals surface area (Å²) in [5.74, 6) is 0.474. The third-order valence-electron chi connectivity index (χ3n) is 2.47. The van der Waals surface area contributed by atoms with Crippen LogP contribution < -0.4 is 9.46 Å². The van der Waals surface area contributed by atoms with Crippen molar-refractivity contribution in [3.63, 3.8) is 0 Å². The van der Waals surface area contributed by atoms with Gasteiger partial charge in [-0.3, -0.25) is 4.72 Å².